The number of aromatic nitrogens is 2. The molecule has 3 rings (SSSR count). The van der Waals surface area contributed by atoms with Crippen molar-refractivity contribution in [2.75, 3.05) is 13.2 Å². The molecule has 0 bridgehead atoms. The Morgan fingerprint density at radius 1 is 1.04 bits per heavy atom. The summed E-state index contributed by atoms with van der Waals surface area (Å²) in [6.07, 6.45) is 5.63. The highest BCUT2D eigenvalue weighted by atomic mass is 16.3. The molecule has 5 heteroatoms. The lowest BCUT2D eigenvalue weighted by Gasteiger charge is -2.15. The molecular formula is C21H21N3O2. The number of amides is 1. The second-order valence-electron chi connectivity index (χ2n) is 6.11. The summed E-state index contributed by atoms with van der Waals surface area (Å²) < 4.78 is 0. The molecule has 0 saturated heterocycles. The molecule has 0 fully saturated rings. The fraction of sp³-hybridized carbons (Fsp3) is 0.190. The molecule has 0 spiro atoms. The van der Waals surface area contributed by atoms with E-state index in [0.717, 1.165) is 16.8 Å². The highest BCUT2D eigenvalue weighted by Gasteiger charge is 2.13. The zero-order chi connectivity index (χ0) is 18.2. The van der Waals surface area contributed by atoms with Crippen LogP contribution in [-0.2, 0) is 6.42 Å². The fourth-order valence-corrected chi connectivity index (χ4v) is 2.71. The average Bonchev–Trinajstić information content (AvgIpc) is 2.72. The zero-order valence-electron chi connectivity index (χ0n) is 14.4. The highest BCUT2D eigenvalue weighted by Crippen LogP contribution is 2.18. The van der Waals surface area contributed by atoms with E-state index in [9.17, 15) is 9.90 Å². The van der Waals surface area contributed by atoms with Crippen LogP contribution in [0.1, 0.15) is 16.1 Å². The number of aliphatic hydroxyl groups excluding tert-OH is 1. The van der Waals surface area contributed by atoms with E-state index in [-0.39, 0.29) is 18.4 Å². The monoisotopic (exact) mass is 347 g/mol. The lowest BCUT2D eigenvalue weighted by molar-refractivity contribution is 0.0939. The maximum Gasteiger partial charge on any atom is 0.252 e. The summed E-state index contributed by atoms with van der Waals surface area (Å²) in [5.74, 6) is -0.283. The number of rotatable bonds is 7. The van der Waals surface area contributed by atoms with Crippen LogP contribution in [-0.4, -0.2) is 34.1 Å². The Morgan fingerprint density at radius 3 is 2.58 bits per heavy atom. The number of hydrogen-bond acceptors (Lipinski definition) is 4. The molecule has 2 aromatic heterocycles. The number of aliphatic hydroxyl groups is 1. The molecule has 1 unspecified atom stereocenters. The van der Waals surface area contributed by atoms with Gasteiger partial charge >= 0.3 is 0 Å². The van der Waals surface area contributed by atoms with Crippen LogP contribution >= 0.6 is 0 Å². The number of nitrogens with one attached hydrogen (secondary N) is 1. The molecule has 2 N–H and O–H groups in total. The minimum Gasteiger partial charge on any atom is -0.396 e. The minimum absolute atomic E-state index is 0.0147. The van der Waals surface area contributed by atoms with Gasteiger partial charge in [-0.1, -0.05) is 36.4 Å². The largest absolute Gasteiger partial charge is 0.396 e. The molecule has 5 nitrogen and oxygen atoms in total. The van der Waals surface area contributed by atoms with E-state index in [4.69, 9.17) is 0 Å². The summed E-state index contributed by atoms with van der Waals surface area (Å²) >= 11 is 0. The van der Waals surface area contributed by atoms with Crippen molar-refractivity contribution in [2.24, 2.45) is 5.92 Å². The van der Waals surface area contributed by atoms with Gasteiger partial charge in [-0.2, -0.15) is 0 Å². The van der Waals surface area contributed by atoms with Crippen LogP contribution in [0.15, 0.2) is 73.2 Å². The number of benzene rings is 1. The Kier molecular flexibility index (Phi) is 6.06. The molecule has 3 aromatic rings. The first-order valence-corrected chi connectivity index (χ1v) is 8.55. The maximum atomic E-state index is 12.5. The van der Waals surface area contributed by atoms with Gasteiger partial charge in [-0.15, -0.1) is 0 Å². The van der Waals surface area contributed by atoms with Gasteiger partial charge in [0.2, 0.25) is 0 Å². The van der Waals surface area contributed by atoms with E-state index in [0.29, 0.717) is 18.5 Å². The molecule has 1 amide bonds. The molecule has 0 radical (unpaired) electrons. The van der Waals surface area contributed by atoms with Gasteiger partial charge in [0, 0.05) is 48.9 Å². The summed E-state index contributed by atoms with van der Waals surface area (Å²) in [7, 11) is 0. The van der Waals surface area contributed by atoms with Gasteiger partial charge < -0.3 is 10.4 Å². The Labute approximate surface area is 152 Å². The molecular weight excluding hydrogens is 326 g/mol. The standard InChI is InChI=1S/C21H21N3O2/c25-15-16(10-20-8-4-5-9-23-20)12-24-21(26)19-11-18(13-22-14-19)17-6-2-1-3-7-17/h1-9,11,13-14,16,25H,10,12,15H2,(H,24,26). The van der Waals surface area contributed by atoms with E-state index in [2.05, 4.69) is 15.3 Å². The van der Waals surface area contributed by atoms with Gasteiger partial charge in [-0.05, 0) is 30.2 Å². The smallest absolute Gasteiger partial charge is 0.252 e. The summed E-state index contributed by atoms with van der Waals surface area (Å²) in [5, 5.41) is 12.5. The van der Waals surface area contributed by atoms with Crippen molar-refractivity contribution in [3.63, 3.8) is 0 Å². The normalized spacial score (nSPS) is 11.7. The van der Waals surface area contributed by atoms with E-state index < -0.39 is 0 Å². The van der Waals surface area contributed by atoms with Gasteiger partial charge in [0.1, 0.15) is 0 Å². The average molecular weight is 347 g/mol. The van der Waals surface area contributed by atoms with Crippen molar-refractivity contribution < 1.29 is 9.90 Å². The van der Waals surface area contributed by atoms with E-state index in [1.807, 2.05) is 54.6 Å². The molecule has 132 valence electrons. The summed E-state index contributed by atoms with van der Waals surface area (Å²) in [4.78, 5) is 20.9. The van der Waals surface area contributed by atoms with Crippen LogP contribution in [0.4, 0.5) is 0 Å². The Balaban J connectivity index is 1.62. The van der Waals surface area contributed by atoms with Crippen molar-refractivity contribution >= 4 is 5.91 Å². The van der Waals surface area contributed by atoms with Gasteiger partial charge in [0.15, 0.2) is 0 Å². The van der Waals surface area contributed by atoms with E-state index in [1.54, 1.807) is 18.6 Å². The predicted molar refractivity (Wildman–Crippen MR) is 101 cm³/mol. The van der Waals surface area contributed by atoms with Crippen LogP contribution in [0.2, 0.25) is 0 Å². The first-order valence-electron chi connectivity index (χ1n) is 8.55. The number of hydrogen-bond donors (Lipinski definition) is 2. The first-order chi connectivity index (χ1) is 12.8. The maximum absolute atomic E-state index is 12.5. The van der Waals surface area contributed by atoms with Crippen LogP contribution in [0, 0.1) is 5.92 Å². The third-order valence-corrected chi connectivity index (χ3v) is 4.14. The topological polar surface area (TPSA) is 75.1 Å². The second-order valence-corrected chi connectivity index (χ2v) is 6.11. The van der Waals surface area contributed by atoms with Crippen LogP contribution in [0.25, 0.3) is 11.1 Å². The number of nitrogens with zero attached hydrogens (tertiary/aromatic N) is 2. The van der Waals surface area contributed by atoms with Crippen LogP contribution in [0.5, 0.6) is 0 Å². The van der Waals surface area contributed by atoms with Crippen LogP contribution in [0.3, 0.4) is 0 Å². The number of pyridine rings is 2. The van der Waals surface area contributed by atoms with Crippen LogP contribution < -0.4 is 5.32 Å². The van der Waals surface area contributed by atoms with Crippen molar-refractivity contribution in [3.05, 3.63) is 84.4 Å². The molecule has 0 aliphatic carbocycles. The minimum atomic E-state index is -0.199. The second kappa shape index (κ2) is 8.87. The predicted octanol–water partition coefficient (Wildman–Crippen LogP) is 2.72. The lowest BCUT2D eigenvalue weighted by atomic mass is 10.0. The van der Waals surface area contributed by atoms with Gasteiger partial charge in [-0.3, -0.25) is 14.8 Å². The first kappa shape index (κ1) is 17.8. The molecule has 0 aliphatic heterocycles. The molecule has 0 saturated carbocycles. The van der Waals surface area contributed by atoms with Crippen molar-refractivity contribution in [1.29, 1.82) is 0 Å². The highest BCUT2D eigenvalue weighted by molar-refractivity contribution is 5.95. The lowest BCUT2D eigenvalue weighted by Crippen LogP contribution is -2.32. The van der Waals surface area contributed by atoms with Gasteiger partial charge in [0.25, 0.3) is 5.91 Å². The summed E-state index contributed by atoms with van der Waals surface area (Å²) in [6.45, 7) is 0.362. The zero-order valence-corrected chi connectivity index (χ0v) is 14.4. The van der Waals surface area contributed by atoms with Crippen molar-refractivity contribution in [1.82, 2.24) is 15.3 Å². The quantitative estimate of drug-likeness (QED) is 0.689. The number of carbonyl (C=O) groups excluding carboxylic acids is 1. The molecule has 1 aromatic carbocycles. The van der Waals surface area contributed by atoms with Gasteiger partial charge in [0.05, 0.1) is 5.56 Å². The molecule has 1 atom stereocenters. The Morgan fingerprint density at radius 2 is 1.85 bits per heavy atom. The summed E-state index contributed by atoms with van der Waals surface area (Å²) in [5.41, 5.74) is 3.30. The Hall–Kier alpha value is -3.05. The van der Waals surface area contributed by atoms with Gasteiger partial charge in [-0.25, -0.2) is 0 Å². The fourth-order valence-electron chi connectivity index (χ4n) is 2.71. The van der Waals surface area contributed by atoms with Crippen molar-refractivity contribution in [3.8, 4) is 11.1 Å². The molecule has 2 heterocycles. The Bertz CT molecular complexity index is 838. The van der Waals surface area contributed by atoms with Crippen molar-refractivity contribution in [2.45, 2.75) is 6.42 Å². The molecule has 0 aliphatic rings. The third kappa shape index (κ3) is 4.74. The molecule has 26 heavy (non-hydrogen) atoms. The van der Waals surface area contributed by atoms with E-state index >= 15 is 0 Å². The summed E-state index contributed by atoms with van der Waals surface area (Å²) in [6, 6.07) is 17.3. The SMILES string of the molecule is O=C(NCC(CO)Cc1ccccn1)c1cncc(-c2ccccc2)c1. The third-order valence-electron chi connectivity index (χ3n) is 4.14. The van der Waals surface area contributed by atoms with E-state index in [1.165, 1.54) is 0 Å². The number of carbonyl (C=O) groups is 1.